The van der Waals surface area contributed by atoms with E-state index in [0.29, 0.717) is 5.92 Å². The molecule has 0 heterocycles. The summed E-state index contributed by atoms with van der Waals surface area (Å²) in [6.45, 7) is 6.26. The molecule has 3 heteroatoms. The first-order valence-corrected chi connectivity index (χ1v) is 4.71. The Hall–Kier alpha value is -1.51. The number of rotatable bonds is 2. The molecular formula is C11H17N3. The van der Waals surface area contributed by atoms with Crippen LogP contribution in [0.2, 0.25) is 0 Å². The maximum absolute atomic E-state index is 5.39. The minimum absolute atomic E-state index is 0.112. The Labute approximate surface area is 84.8 Å². The molecule has 0 amide bonds. The molecule has 0 aliphatic heterocycles. The van der Waals surface area contributed by atoms with Crippen molar-refractivity contribution in [1.82, 2.24) is 0 Å². The van der Waals surface area contributed by atoms with Crippen molar-refractivity contribution in [3.63, 3.8) is 0 Å². The lowest BCUT2D eigenvalue weighted by atomic mass is 9.98. The van der Waals surface area contributed by atoms with E-state index in [9.17, 15) is 0 Å². The van der Waals surface area contributed by atoms with Gasteiger partial charge in [-0.1, -0.05) is 32.0 Å². The Kier molecular flexibility index (Phi) is 3.12. The molecular weight excluding hydrogens is 174 g/mol. The van der Waals surface area contributed by atoms with Gasteiger partial charge in [-0.05, 0) is 24.0 Å². The second-order valence-electron chi connectivity index (χ2n) is 3.70. The topological polar surface area (TPSA) is 64.4 Å². The van der Waals surface area contributed by atoms with Crippen LogP contribution in [0.4, 0.5) is 5.69 Å². The number of nitrogens with two attached hydrogens (primary N) is 2. The quantitative estimate of drug-likeness (QED) is 0.555. The third-order valence-corrected chi connectivity index (χ3v) is 2.13. The highest BCUT2D eigenvalue weighted by molar-refractivity contribution is 5.80. The molecule has 1 rings (SSSR count). The average molecular weight is 191 g/mol. The number of hydrogen-bond acceptors (Lipinski definition) is 1. The van der Waals surface area contributed by atoms with Gasteiger partial charge in [0.25, 0.3) is 0 Å². The van der Waals surface area contributed by atoms with Crippen molar-refractivity contribution in [3.8, 4) is 0 Å². The predicted molar refractivity (Wildman–Crippen MR) is 60.7 cm³/mol. The van der Waals surface area contributed by atoms with Crippen molar-refractivity contribution in [1.29, 1.82) is 0 Å². The van der Waals surface area contributed by atoms with Crippen molar-refractivity contribution < 1.29 is 0 Å². The minimum atomic E-state index is 0.112. The summed E-state index contributed by atoms with van der Waals surface area (Å²) in [7, 11) is 0. The van der Waals surface area contributed by atoms with E-state index in [0.717, 1.165) is 11.3 Å². The maximum Gasteiger partial charge on any atom is 0.191 e. The normalized spacial score (nSPS) is 10.3. The van der Waals surface area contributed by atoms with E-state index in [1.165, 1.54) is 5.56 Å². The molecule has 14 heavy (non-hydrogen) atoms. The number of hydrogen-bond donors (Lipinski definition) is 2. The first-order valence-electron chi connectivity index (χ1n) is 4.71. The molecule has 0 radical (unpaired) electrons. The Morgan fingerprint density at radius 2 is 1.93 bits per heavy atom. The summed E-state index contributed by atoms with van der Waals surface area (Å²) >= 11 is 0. The van der Waals surface area contributed by atoms with Crippen LogP contribution in [0, 0.1) is 6.92 Å². The molecule has 0 aliphatic carbocycles. The van der Waals surface area contributed by atoms with E-state index in [4.69, 9.17) is 11.5 Å². The van der Waals surface area contributed by atoms with Crippen LogP contribution >= 0.6 is 0 Å². The molecule has 0 unspecified atom stereocenters. The molecule has 4 N–H and O–H groups in total. The molecule has 0 bridgehead atoms. The first-order chi connectivity index (χ1) is 6.52. The number of benzene rings is 1. The molecule has 3 nitrogen and oxygen atoms in total. The van der Waals surface area contributed by atoms with Gasteiger partial charge in [-0.25, -0.2) is 4.99 Å². The van der Waals surface area contributed by atoms with E-state index < -0.39 is 0 Å². The molecule has 0 saturated heterocycles. The van der Waals surface area contributed by atoms with Crippen molar-refractivity contribution in [2.45, 2.75) is 26.7 Å². The summed E-state index contributed by atoms with van der Waals surface area (Å²) in [6.07, 6.45) is 0. The van der Waals surface area contributed by atoms with E-state index in [1.54, 1.807) is 0 Å². The highest BCUT2D eigenvalue weighted by Gasteiger charge is 2.07. The fourth-order valence-corrected chi connectivity index (χ4v) is 1.43. The molecule has 1 aromatic rings. The summed E-state index contributed by atoms with van der Waals surface area (Å²) in [6, 6.07) is 6.09. The van der Waals surface area contributed by atoms with E-state index in [-0.39, 0.29) is 5.96 Å². The van der Waals surface area contributed by atoms with Gasteiger partial charge in [0.05, 0.1) is 5.69 Å². The fourth-order valence-electron chi connectivity index (χ4n) is 1.43. The summed E-state index contributed by atoms with van der Waals surface area (Å²) in [5.41, 5.74) is 14.0. The van der Waals surface area contributed by atoms with Crippen LogP contribution < -0.4 is 11.5 Å². The number of aryl methyl sites for hydroxylation is 1. The largest absolute Gasteiger partial charge is 0.370 e. The Balaban J connectivity index is 3.30. The molecule has 0 atom stereocenters. The molecule has 0 spiro atoms. The Morgan fingerprint density at radius 3 is 2.43 bits per heavy atom. The minimum Gasteiger partial charge on any atom is -0.370 e. The predicted octanol–water partition coefficient (Wildman–Crippen LogP) is 2.02. The summed E-state index contributed by atoms with van der Waals surface area (Å²) < 4.78 is 0. The lowest BCUT2D eigenvalue weighted by molar-refractivity contribution is 0.865. The molecule has 76 valence electrons. The Morgan fingerprint density at radius 1 is 1.29 bits per heavy atom. The van der Waals surface area contributed by atoms with Crippen LogP contribution in [0.5, 0.6) is 0 Å². The zero-order chi connectivity index (χ0) is 10.7. The molecule has 0 aromatic heterocycles. The van der Waals surface area contributed by atoms with Crippen molar-refractivity contribution in [3.05, 3.63) is 29.3 Å². The van der Waals surface area contributed by atoms with Gasteiger partial charge in [-0.15, -0.1) is 0 Å². The van der Waals surface area contributed by atoms with Crippen molar-refractivity contribution in [2.75, 3.05) is 0 Å². The zero-order valence-corrected chi connectivity index (χ0v) is 8.91. The van der Waals surface area contributed by atoms with Gasteiger partial charge in [-0.2, -0.15) is 0 Å². The van der Waals surface area contributed by atoms with Crippen LogP contribution in [-0.4, -0.2) is 5.96 Å². The van der Waals surface area contributed by atoms with Crippen LogP contribution in [0.25, 0.3) is 0 Å². The third kappa shape index (κ3) is 2.25. The maximum atomic E-state index is 5.39. The number of guanidine groups is 1. The molecule has 0 aliphatic rings. The van der Waals surface area contributed by atoms with Crippen LogP contribution in [0.15, 0.2) is 23.2 Å². The van der Waals surface area contributed by atoms with E-state index in [2.05, 4.69) is 24.9 Å². The number of para-hydroxylation sites is 1. The van der Waals surface area contributed by atoms with Gasteiger partial charge >= 0.3 is 0 Å². The first kappa shape index (κ1) is 10.6. The Bertz CT molecular complexity index is 350. The standard InChI is InChI=1S/C11H17N3/c1-7(2)9-6-4-5-8(3)10(9)14-11(12)13/h4-7H,1-3H3,(H4,12,13,14). The SMILES string of the molecule is Cc1cccc(C(C)C)c1N=C(N)N. The lowest BCUT2D eigenvalue weighted by Gasteiger charge is -2.11. The van der Waals surface area contributed by atoms with Crippen molar-refractivity contribution >= 4 is 11.6 Å². The summed E-state index contributed by atoms with van der Waals surface area (Å²) in [5, 5.41) is 0. The van der Waals surface area contributed by atoms with Gasteiger partial charge in [0.15, 0.2) is 5.96 Å². The van der Waals surface area contributed by atoms with E-state index >= 15 is 0 Å². The van der Waals surface area contributed by atoms with Gasteiger partial charge in [-0.3, -0.25) is 0 Å². The van der Waals surface area contributed by atoms with Crippen molar-refractivity contribution in [2.24, 2.45) is 16.5 Å². The molecule has 0 saturated carbocycles. The average Bonchev–Trinajstić information content (AvgIpc) is 2.07. The zero-order valence-electron chi connectivity index (χ0n) is 8.91. The lowest BCUT2D eigenvalue weighted by Crippen LogP contribution is -2.22. The second kappa shape index (κ2) is 4.13. The van der Waals surface area contributed by atoms with E-state index in [1.807, 2.05) is 19.1 Å². The third-order valence-electron chi connectivity index (χ3n) is 2.13. The smallest absolute Gasteiger partial charge is 0.191 e. The van der Waals surface area contributed by atoms with Crippen LogP contribution in [-0.2, 0) is 0 Å². The number of aliphatic imine (C=N–C) groups is 1. The highest BCUT2D eigenvalue weighted by Crippen LogP contribution is 2.29. The highest BCUT2D eigenvalue weighted by atomic mass is 15.0. The van der Waals surface area contributed by atoms with Gasteiger partial charge in [0, 0.05) is 0 Å². The second-order valence-corrected chi connectivity index (χ2v) is 3.70. The van der Waals surface area contributed by atoms with Crippen LogP contribution in [0.3, 0.4) is 0 Å². The summed E-state index contributed by atoms with van der Waals surface area (Å²) in [4.78, 5) is 4.15. The van der Waals surface area contributed by atoms with Gasteiger partial charge in [0.1, 0.15) is 0 Å². The monoisotopic (exact) mass is 191 g/mol. The van der Waals surface area contributed by atoms with Gasteiger partial charge < -0.3 is 11.5 Å². The summed E-state index contributed by atoms with van der Waals surface area (Å²) in [5.74, 6) is 0.536. The van der Waals surface area contributed by atoms with Crippen LogP contribution in [0.1, 0.15) is 30.9 Å². The molecule has 1 aromatic carbocycles. The number of nitrogens with zero attached hydrogens (tertiary/aromatic N) is 1. The van der Waals surface area contributed by atoms with Gasteiger partial charge in [0.2, 0.25) is 0 Å². The fraction of sp³-hybridized carbons (Fsp3) is 0.364. The molecule has 0 fully saturated rings.